The lowest BCUT2D eigenvalue weighted by atomic mass is 9.98. The Morgan fingerprint density at radius 3 is 2.82 bits per heavy atom. The molecule has 0 saturated heterocycles. The highest BCUT2D eigenvalue weighted by Crippen LogP contribution is 2.30. The van der Waals surface area contributed by atoms with Crippen molar-refractivity contribution in [3.05, 3.63) is 70.3 Å². The molecule has 22 heavy (non-hydrogen) atoms. The first-order valence-electron chi connectivity index (χ1n) is 7.89. The van der Waals surface area contributed by atoms with E-state index in [0.29, 0.717) is 0 Å². The molecule has 1 heterocycles. The first-order chi connectivity index (χ1) is 10.7. The number of rotatable bonds is 1. The number of ketones is 1. The van der Waals surface area contributed by atoms with Gasteiger partial charge in [-0.2, -0.15) is 0 Å². The van der Waals surface area contributed by atoms with E-state index < -0.39 is 0 Å². The number of fused-ring (bicyclic) bond motifs is 2. The molecule has 1 aliphatic heterocycles. The predicted molar refractivity (Wildman–Crippen MR) is 90.5 cm³/mol. The third-order valence-electron chi connectivity index (χ3n) is 4.73. The average molecular weight is 289 g/mol. The van der Waals surface area contributed by atoms with Crippen molar-refractivity contribution in [3.63, 3.8) is 0 Å². The van der Waals surface area contributed by atoms with Gasteiger partial charge in [0.1, 0.15) is 0 Å². The molecule has 0 fully saturated rings. The summed E-state index contributed by atoms with van der Waals surface area (Å²) in [5.74, 6) is 0.186. The van der Waals surface area contributed by atoms with Crippen LogP contribution >= 0.6 is 0 Å². The van der Waals surface area contributed by atoms with Crippen LogP contribution in [-0.2, 0) is 12.8 Å². The van der Waals surface area contributed by atoms with Gasteiger partial charge in [0.25, 0.3) is 0 Å². The Bertz CT molecular complexity index is 788. The molecular formula is C20H19NO. The van der Waals surface area contributed by atoms with E-state index in [1.165, 1.54) is 17.7 Å². The highest BCUT2D eigenvalue weighted by molar-refractivity contribution is 6.15. The van der Waals surface area contributed by atoms with Crippen molar-refractivity contribution in [1.29, 1.82) is 0 Å². The maximum atomic E-state index is 12.5. The van der Waals surface area contributed by atoms with Gasteiger partial charge in [-0.15, -0.1) is 0 Å². The molecule has 2 heteroatoms. The molecule has 0 spiro atoms. The Morgan fingerprint density at radius 1 is 1.09 bits per heavy atom. The maximum absolute atomic E-state index is 12.5. The number of anilines is 1. The molecule has 0 amide bonds. The fraction of sp³-hybridized carbons (Fsp3) is 0.250. The molecular weight excluding hydrogens is 270 g/mol. The summed E-state index contributed by atoms with van der Waals surface area (Å²) in [7, 11) is 2.15. The van der Waals surface area contributed by atoms with E-state index in [1.807, 2.05) is 18.2 Å². The molecule has 0 unspecified atom stereocenters. The van der Waals surface area contributed by atoms with Crippen LogP contribution in [0.3, 0.4) is 0 Å². The van der Waals surface area contributed by atoms with Crippen molar-refractivity contribution in [2.24, 2.45) is 0 Å². The number of aryl methyl sites for hydroxylation is 1. The third kappa shape index (κ3) is 2.16. The SMILES string of the molecule is CN1CCCc2cc(C=C3Cc4ccccc4C3=O)ccc21. The summed E-state index contributed by atoms with van der Waals surface area (Å²) < 4.78 is 0. The van der Waals surface area contributed by atoms with Gasteiger partial charge in [0.05, 0.1) is 0 Å². The molecule has 0 N–H and O–H groups in total. The first kappa shape index (κ1) is 13.3. The lowest BCUT2D eigenvalue weighted by Crippen LogP contribution is -2.24. The van der Waals surface area contributed by atoms with Crippen molar-refractivity contribution in [1.82, 2.24) is 0 Å². The van der Waals surface area contributed by atoms with Gasteiger partial charge in [0, 0.05) is 36.8 Å². The van der Waals surface area contributed by atoms with Crippen molar-refractivity contribution in [2.75, 3.05) is 18.5 Å². The second-order valence-electron chi connectivity index (χ2n) is 6.25. The first-order valence-corrected chi connectivity index (χ1v) is 7.89. The Hall–Kier alpha value is -2.35. The monoisotopic (exact) mass is 289 g/mol. The quantitative estimate of drug-likeness (QED) is 0.742. The highest BCUT2D eigenvalue weighted by atomic mass is 16.1. The van der Waals surface area contributed by atoms with E-state index in [1.54, 1.807) is 0 Å². The number of carbonyl (C=O) groups excluding carboxylic acids is 1. The van der Waals surface area contributed by atoms with Crippen LogP contribution in [0.2, 0.25) is 0 Å². The van der Waals surface area contributed by atoms with Crippen LogP contribution in [0, 0.1) is 0 Å². The summed E-state index contributed by atoms with van der Waals surface area (Å²) in [6, 6.07) is 14.5. The van der Waals surface area contributed by atoms with Gasteiger partial charge in [0.15, 0.2) is 5.78 Å². The summed E-state index contributed by atoms with van der Waals surface area (Å²) in [6.45, 7) is 1.13. The molecule has 0 atom stereocenters. The van der Waals surface area contributed by atoms with Gasteiger partial charge >= 0.3 is 0 Å². The van der Waals surface area contributed by atoms with E-state index in [-0.39, 0.29) is 5.78 Å². The third-order valence-corrected chi connectivity index (χ3v) is 4.73. The molecule has 2 nitrogen and oxygen atoms in total. The fourth-order valence-corrected chi connectivity index (χ4v) is 3.57. The smallest absolute Gasteiger partial charge is 0.189 e. The second-order valence-corrected chi connectivity index (χ2v) is 6.25. The molecule has 2 aromatic carbocycles. The van der Waals surface area contributed by atoms with E-state index in [4.69, 9.17) is 0 Å². The average Bonchev–Trinajstić information content (AvgIpc) is 2.84. The maximum Gasteiger partial charge on any atom is 0.189 e. The zero-order valence-electron chi connectivity index (χ0n) is 12.8. The van der Waals surface area contributed by atoms with Gasteiger partial charge in [-0.05, 0) is 47.7 Å². The number of hydrogen-bond acceptors (Lipinski definition) is 2. The molecule has 0 saturated carbocycles. The van der Waals surface area contributed by atoms with Crippen LogP contribution < -0.4 is 4.90 Å². The summed E-state index contributed by atoms with van der Waals surface area (Å²) in [5, 5.41) is 0. The van der Waals surface area contributed by atoms with Gasteiger partial charge in [-0.3, -0.25) is 4.79 Å². The predicted octanol–water partition coefficient (Wildman–Crippen LogP) is 3.89. The molecule has 0 radical (unpaired) electrons. The zero-order valence-corrected chi connectivity index (χ0v) is 12.8. The minimum atomic E-state index is 0.186. The minimum absolute atomic E-state index is 0.186. The summed E-state index contributed by atoms with van der Waals surface area (Å²) in [5.41, 5.74) is 6.79. The van der Waals surface area contributed by atoms with E-state index in [2.05, 4.69) is 42.3 Å². The molecule has 2 aromatic rings. The number of benzene rings is 2. The largest absolute Gasteiger partial charge is 0.374 e. The Balaban J connectivity index is 1.69. The lowest BCUT2D eigenvalue weighted by Gasteiger charge is -2.27. The number of carbonyl (C=O) groups is 1. The zero-order chi connectivity index (χ0) is 15.1. The van der Waals surface area contributed by atoms with Crippen molar-refractivity contribution < 1.29 is 4.79 Å². The minimum Gasteiger partial charge on any atom is -0.374 e. The molecule has 4 rings (SSSR count). The van der Waals surface area contributed by atoms with Gasteiger partial charge in [-0.1, -0.05) is 30.3 Å². The molecule has 0 aromatic heterocycles. The number of hydrogen-bond donors (Lipinski definition) is 0. The number of Topliss-reactive ketones (excluding diaryl/α,β-unsaturated/α-hetero) is 1. The Kier molecular flexibility index (Phi) is 3.11. The van der Waals surface area contributed by atoms with Crippen LogP contribution in [0.1, 0.15) is 33.5 Å². The van der Waals surface area contributed by atoms with Crippen molar-refractivity contribution in [2.45, 2.75) is 19.3 Å². The lowest BCUT2D eigenvalue weighted by molar-refractivity contribution is 0.104. The van der Waals surface area contributed by atoms with E-state index in [9.17, 15) is 4.79 Å². The molecule has 2 aliphatic rings. The summed E-state index contributed by atoms with van der Waals surface area (Å²) in [6.07, 6.45) is 5.15. The van der Waals surface area contributed by atoms with Crippen LogP contribution in [-0.4, -0.2) is 19.4 Å². The van der Waals surface area contributed by atoms with Crippen molar-refractivity contribution in [3.8, 4) is 0 Å². The summed E-state index contributed by atoms with van der Waals surface area (Å²) >= 11 is 0. The number of nitrogens with zero attached hydrogens (tertiary/aromatic N) is 1. The molecule has 1 aliphatic carbocycles. The van der Waals surface area contributed by atoms with E-state index in [0.717, 1.165) is 41.6 Å². The highest BCUT2D eigenvalue weighted by Gasteiger charge is 2.24. The van der Waals surface area contributed by atoms with Crippen molar-refractivity contribution >= 4 is 17.5 Å². The van der Waals surface area contributed by atoms with Gasteiger partial charge in [-0.25, -0.2) is 0 Å². The normalized spacial score (nSPS) is 18.5. The van der Waals surface area contributed by atoms with Crippen LogP contribution in [0.25, 0.3) is 6.08 Å². The topological polar surface area (TPSA) is 20.3 Å². The van der Waals surface area contributed by atoms with Crippen LogP contribution in [0.5, 0.6) is 0 Å². The van der Waals surface area contributed by atoms with Crippen LogP contribution in [0.15, 0.2) is 48.0 Å². The standard InChI is InChI=1S/C20H19NO/c1-21-10-4-6-16-11-14(8-9-19(16)21)12-17-13-15-5-2-3-7-18(15)20(17)22/h2-3,5,7-9,11-12H,4,6,10,13H2,1H3. The van der Waals surface area contributed by atoms with E-state index >= 15 is 0 Å². The second kappa shape index (κ2) is 5.13. The van der Waals surface area contributed by atoms with Gasteiger partial charge < -0.3 is 4.90 Å². The Morgan fingerprint density at radius 2 is 1.95 bits per heavy atom. The number of allylic oxidation sites excluding steroid dienone is 1. The molecule has 110 valence electrons. The fourth-order valence-electron chi connectivity index (χ4n) is 3.57. The Labute approximate surface area is 131 Å². The van der Waals surface area contributed by atoms with Crippen LogP contribution in [0.4, 0.5) is 5.69 Å². The van der Waals surface area contributed by atoms with Gasteiger partial charge in [0.2, 0.25) is 0 Å². The molecule has 0 bridgehead atoms. The summed E-state index contributed by atoms with van der Waals surface area (Å²) in [4.78, 5) is 14.8.